The van der Waals surface area contributed by atoms with Crippen LogP contribution >= 0.6 is 0 Å². The van der Waals surface area contributed by atoms with Crippen molar-refractivity contribution in [3.63, 3.8) is 0 Å². The lowest BCUT2D eigenvalue weighted by atomic mass is 10.2. The Labute approximate surface area is 206 Å². The molecule has 13 heteroatoms. The molecule has 0 aliphatic rings. The highest BCUT2D eigenvalue weighted by molar-refractivity contribution is 7.89. The first-order chi connectivity index (χ1) is 17.2. The van der Waals surface area contributed by atoms with Crippen LogP contribution in [0.1, 0.15) is 16.7 Å². The van der Waals surface area contributed by atoms with Crippen LogP contribution in [0.15, 0.2) is 77.2 Å². The lowest BCUT2D eigenvalue weighted by Crippen LogP contribution is -2.26. The average molecular weight is 505 g/mol. The number of sulfonamides is 1. The van der Waals surface area contributed by atoms with Gasteiger partial charge in [-0.15, -0.1) is 0 Å². The molecular weight excluding hydrogens is 484 g/mol. The molecule has 0 unspecified atom stereocenters. The maximum Gasteiger partial charge on any atom is 0.281 e. The van der Waals surface area contributed by atoms with Gasteiger partial charge < -0.3 is 4.90 Å². The average Bonchev–Trinajstić information content (AvgIpc) is 3.29. The molecule has 4 rings (SSSR count). The maximum atomic E-state index is 13.5. The van der Waals surface area contributed by atoms with E-state index >= 15 is 0 Å². The number of rotatable bonds is 8. The number of nitriles is 1. The minimum absolute atomic E-state index is 0.265. The van der Waals surface area contributed by atoms with Crippen molar-refractivity contribution in [2.45, 2.75) is 11.4 Å². The van der Waals surface area contributed by atoms with E-state index in [-0.39, 0.29) is 16.3 Å². The van der Waals surface area contributed by atoms with Crippen LogP contribution in [0, 0.1) is 21.4 Å². The number of non-ortho nitro benzene ring substituents is 1. The van der Waals surface area contributed by atoms with Gasteiger partial charge in [-0.2, -0.15) is 28.3 Å². The summed E-state index contributed by atoms with van der Waals surface area (Å²) < 4.78 is 29.3. The smallest absolute Gasteiger partial charge is 0.281 e. The number of hydrogen-bond donors (Lipinski definition) is 0. The Morgan fingerprint density at radius 1 is 1.22 bits per heavy atom. The van der Waals surface area contributed by atoms with Gasteiger partial charge in [0.05, 0.1) is 40.2 Å². The second kappa shape index (κ2) is 9.80. The van der Waals surface area contributed by atoms with E-state index < -0.39 is 14.9 Å². The molecule has 36 heavy (non-hydrogen) atoms. The third-order valence-corrected chi connectivity index (χ3v) is 7.05. The Morgan fingerprint density at radius 2 is 2.03 bits per heavy atom. The van der Waals surface area contributed by atoms with Gasteiger partial charge in [-0.25, -0.2) is 4.52 Å². The number of fused-ring (bicyclic) bond motifs is 1. The first-order valence-electron chi connectivity index (χ1n) is 10.5. The van der Waals surface area contributed by atoms with E-state index in [1.807, 2.05) is 12.1 Å². The largest absolute Gasteiger partial charge is 0.369 e. The van der Waals surface area contributed by atoms with Crippen molar-refractivity contribution < 1.29 is 13.3 Å². The van der Waals surface area contributed by atoms with E-state index in [1.165, 1.54) is 36.1 Å². The molecule has 0 fully saturated rings. The molecule has 3 heterocycles. The van der Waals surface area contributed by atoms with Crippen LogP contribution in [-0.2, 0) is 16.6 Å². The van der Waals surface area contributed by atoms with Gasteiger partial charge in [0, 0.05) is 56.9 Å². The molecule has 0 spiro atoms. The molecule has 182 valence electrons. The quantitative estimate of drug-likeness (QED) is 0.202. The zero-order valence-corrected chi connectivity index (χ0v) is 20.1. The summed E-state index contributed by atoms with van der Waals surface area (Å²) in [4.78, 5) is 16.2. The molecule has 0 N–H and O–H groups in total. The van der Waals surface area contributed by atoms with Crippen molar-refractivity contribution in [3.05, 3.63) is 94.1 Å². The highest BCUT2D eigenvalue weighted by Gasteiger charge is 2.27. The van der Waals surface area contributed by atoms with E-state index in [1.54, 1.807) is 48.7 Å². The van der Waals surface area contributed by atoms with Crippen molar-refractivity contribution >= 4 is 33.1 Å². The zero-order chi connectivity index (χ0) is 25.9. The first kappa shape index (κ1) is 24.3. The lowest BCUT2D eigenvalue weighted by molar-refractivity contribution is -0.385. The fourth-order valence-corrected chi connectivity index (χ4v) is 4.72. The summed E-state index contributed by atoms with van der Waals surface area (Å²) >= 11 is 0. The van der Waals surface area contributed by atoms with E-state index in [0.29, 0.717) is 23.2 Å². The Kier molecular flexibility index (Phi) is 6.62. The predicted octanol–water partition coefficient (Wildman–Crippen LogP) is 2.80. The number of nitrogens with zero attached hydrogens (tertiary/aromatic N) is 8. The van der Waals surface area contributed by atoms with Crippen LogP contribution < -0.4 is 4.90 Å². The van der Waals surface area contributed by atoms with Crippen molar-refractivity contribution in [3.8, 4) is 6.07 Å². The summed E-state index contributed by atoms with van der Waals surface area (Å²) in [6.07, 6.45) is 7.68. The Hall–Kier alpha value is -4.83. The molecule has 12 nitrogen and oxygen atoms in total. The lowest BCUT2D eigenvalue weighted by Gasteiger charge is -2.24. The Balaban J connectivity index is 1.70. The SMILES string of the molecule is CN(Cc1cccnc1)c1ccc([N+](=O)[O-])cc1S(=O)(=O)N(C)N=Cc1cnn2ccc(C#N)cc12. The summed E-state index contributed by atoms with van der Waals surface area (Å²) in [5.41, 5.74) is 2.20. The Bertz CT molecular complexity index is 1610. The standard InChI is InChI=1S/C23H20N8O4S/c1-28(16-18-4-3-8-25-13-18)21-6-5-20(31(32)33)11-23(21)36(34,35)29(2)26-14-19-15-27-30-9-7-17(12-24)10-22(19)30/h3-11,13-15H,16H2,1-2H3. The van der Waals surface area contributed by atoms with Crippen molar-refractivity contribution in [2.24, 2.45) is 5.10 Å². The van der Waals surface area contributed by atoms with Gasteiger partial charge in [0.2, 0.25) is 0 Å². The van der Waals surface area contributed by atoms with Gasteiger partial charge >= 0.3 is 0 Å². The second-order valence-electron chi connectivity index (χ2n) is 7.77. The van der Waals surface area contributed by atoms with E-state index in [4.69, 9.17) is 5.26 Å². The van der Waals surface area contributed by atoms with E-state index in [9.17, 15) is 18.5 Å². The summed E-state index contributed by atoms with van der Waals surface area (Å²) in [5, 5.41) is 28.8. The first-order valence-corrected chi connectivity index (χ1v) is 11.9. The maximum absolute atomic E-state index is 13.5. The number of anilines is 1. The predicted molar refractivity (Wildman–Crippen MR) is 132 cm³/mol. The molecule has 0 saturated carbocycles. The third-order valence-electron chi connectivity index (χ3n) is 5.37. The molecule has 0 atom stereocenters. The molecule has 4 aromatic rings. The number of pyridine rings is 2. The van der Waals surface area contributed by atoms with Gasteiger partial charge in [0.25, 0.3) is 15.7 Å². The van der Waals surface area contributed by atoms with Gasteiger partial charge in [-0.3, -0.25) is 15.1 Å². The third kappa shape index (κ3) is 4.84. The molecule has 0 aliphatic heterocycles. The monoisotopic (exact) mass is 504 g/mol. The van der Waals surface area contributed by atoms with Crippen molar-refractivity contribution in [1.82, 2.24) is 19.0 Å². The fraction of sp³-hybridized carbons (Fsp3) is 0.130. The van der Waals surface area contributed by atoms with Gasteiger partial charge in [0.1, 0.15) is 4.90 Å². The minimum atomic E-state index is -4.29. The molecule has 0 amide bonds. The summed E-state index contributed by atoms with van der Waals surface area (Å²) in [6.45, 7) is 0.324. The number of nitro groups is 1. The van der Waals surface area contributed by atoms with Crippen molar-refractivity contribution in [2.75, 3.05) is 19.0 Å². The number of nitro benzene ring substituents is 1. The van der Waals surface area contributed by atoms with E-state index in [0.717, 1.165) is 16.0 Å². The topological polar surface area (TPSA) is 150 Å². The highest BCUT2D eigenvalue weighted by atomic mass is 32.2. The highest BCUT2D eigenvalue weighted by Crippen LogP contribution is 2.31. The molecule has 0 bridgehead atoms. The van der Waals surface area contributed by atoms with Gasteiger partial charge in [-0.1, -0.05) is 6.07 Å². The van der Waals surface area contributed by atoms with Crippen molar-refractivity contribution in [1.29, 1.82) is 5.26 Å². The summed E-state index contributed by atoms with van der Waals surface area (Å²) in [7, 11) is -1.37. The number of aromatic nitrogens is 3. The zero-order valence-electron chi connectivity index (χ0n) is 19.3. The molecule has 0 aliphatic carbocycles. The van der Waals surface area contributed by atoms with Gasteiger partial charge in [-0.05, 0) is 29.8 Å². The van der Waals surface area contributed by atoms with Crippen LogP contribution in [0.3, 0.4) is 0 Å². The summed E-state index contributed by atoms with van der Waals surface area (Å²) in [5.74, 6) is 0. The molecular formula is C23H20N8O4S. The van der Waals surface area contributed by atoms with Crippen LogP contribution in [0.5, 0.6) is 0 Å². The normalized spacial score (nSPS) is 11.5. The number of benzene rings is 1. The van der Waals surface area contributed by atoms with Crippen LogP contribution in [-0.4, -0.2) is 52.7 Å². The van der Waals surface area contributed by atoms with Crippen LogP contribution in [0.4, 0.5) is 11.4 Å². The minimum Gasteiger partial charge on any atom is -0.369 e. The number of hydrazone groups is 1. The number of hydrogen-bond acceptors (Lipinski definition) is 9. The van der Waals surface area contributed by atoms with Gasteiger partial charge in [0.15, 0.2) is 0 Å². The molecule has 0 saturated heterocycles. The van der Waals surface area contributed by atoms with Crippen LogP contribution in [0.25, 0.3) is 5.52 Å². The fourth-order valence-electron chi connectivity index (χ4n) is 3.51. The van der Waals surface area contributed by atoms with E-state index in [2.05, 4.69) is 15.2 Å². The Morgan fingerprint density at radius 3 is 2.72 bits per heavy atom. The second-order valence-corrected chi connectivity index (χ2v) is 9.69. The molecule has 3 aromatic heterocycles. The molecule has 1 aromatic carbocycles. The molecule has 0 radical (unpaired) electrons. The van der Waals surface area contributed by atoms with Crippen LogP contribution in [0.2, 0.25) is 0 Å². The summed E-state index contributed by atoms with van der Waals surface area (Å²) in [6, 6.07) is 12.5.